The number of hydrogen-bond donors (Lipinski definition) is 1. The lowest BCUT2D eigenvalue weighted by Crippen LogP contribution is -2.40. The molecule has 3 rings (SSSR count). The number of carbonyl (C=O) groups is 1. The van der Waals surface area contributed by atoms with Crippen LogP contribution in [0.25, 0.3) is 0 Å². The molecule has 0 aromatic heterocycles. The average Bonchev–Trinajstić information content (AvgIpc) is 2.74. The van der Waals surface area contributed by atoms with Crippen molar-refractivity contribution in [2.75, 3.05) is 26.8 Å². The highest BCUT2D eigenvalue weighted by Crippen LogP contribution is 2.22. The standard InChI is InChI=1S/C22H21F2NO3/c1-28-19-11-10-17(20(23)21(19)24)7-4-15-5-8-18(9-6-15)22(27)25-12-2-3-16(13-25)14-26/h5-6,8-11,16,26H,2-3,12-14H2,1H3/t16-/m1/s1. The molecule has 1 aliphatic heterocycles. The number of amides is 1. The number of likely N-dealkylation sites (tertiary alicyclic amines) is 1. The van der Waals surface area contributed by atoms with E-state index in [2.05, 4.69) is 11.8 Å². The van der Waals surface area contributed by atoms with Crippen LogP contribution >= 0.6 is 0 Å². The molecule has 2 aromatic carbocycles. The lowest BCUT2D eigenvalue weighted by molar-refractivity contribution is 0.0620. The monoisotopic (exact) mass is 385 g/mol. The van der Waals surface area contributed by atoms with Crippen LogP contribution in [0.2, 0.25) is 0 Å². The van der Waals surface area contributed by atoms with Crippen LogP contribution in [0.3, 0.4) is 0 Å². The Kier molecular flexibility index (Phi) is 6.27. The molecule has 1 N–H and O–H groups in total. The molecule has 1 aliphatic rings. The number of hydrogen-bond acceptors (Lipinski definition) is 3. The molecule has 0 unspecified atom stereocenters. The van der Waals surface area contributed by atoms with Crippen LogP contribution in [0.5, 0.6) is 5.75 Å². The highest BCUT2D eigenvalue weighted by atomic mass is 19.2. The molecule has 1 saturated heterocycles. The van der Waals surface area contributed by atoms with Gasteiger partial charge >= 0.3 is 0 Å². The van der Waals surface area contributed by atoms with Gasteiger partial charge in [-0.3, -0.25) is 4.79 Å². The van der Waals surface area contributed by atoms with Crippen molar-refractivity contribution >= 4 is 5.91 Å². The summed E-state index contributed by atoms with van der Waals surface area (Å²) < 4.78 is 32.4. The number of piperidine rings is 1. The number of ether oxygens (including phenoxy) is 1. The van der Waals surface area contributed by atoms with E-state index < -0.39 is 11.6 Å². The van der Waals surface area contributed by atoms with Gasteiger partial charge < -0.3 is 14.7 Å². The average molecular weight is 385 g/mol. The van der Waals surface area contributed by atoms with E-state index in [1.165, 1.54) is 19.2 Å². The molecule has 1 fully saturated rings. The van der Waals surface area contributed by atoms with Crippen LogP contribution in [0.15, 0.2) is 36.4 Å². The van der Waals surface area contributed by atoms with Gasteiger partial charge in [0.25, 0.3) is 5.91 Å². The smallest absolute Gasteiger partial charge is 0.253 e. The van der Waals surface area contributed by atoms with E-state index in [1.807, 2.05) is 0 Å². The molecule has 0 radical (unpaired) electrons. The second-order valence-corrected chi connectivity index (χ2v) is 6.71. The van der Waals surface area contributed by atoms with Gasteiger partial charge in [0, 0.05) is 30.8 Å². The van der Waals surface area contributed by atoms with Crippen molar-refractivity contribution in [3.05, 3.63) is 64.7 Å². The Morgan fingerprint density at radius 2 is 1.93 bits per heavy atom. The Morgan fingerprint density at radius 1 is 1.18 bits per heavy atom. The van der Waals surface area contributed by atoms with E-state index in [-0.39, 0.29) is 29.7 Å². The Balaban J connectivity index is 1.73. The molecule has 1 heterocycles. The van der Waals surface area contributed by atoms with Crippen LogP contribution in [0.4, 0.5) is 8.78 Å². The normalized spacial score (nSPS) is 16.3. The molecule has 0 aliphatic carbocycles. The van der Waals surface area contributed by atoms with Crippen molar-refractivity contribution in [2.45, 2.75) is 12.8 Å². The van der Waals surface area contributed by atoms with Gasteiger partial charge in [-0.2, -0.15) is 4.39 Å². The molecule has 1 atom stereocenters. The Bertz CT molecular complexity index is 916. The van der Waals surface area contributed by atoms with Crippen molar-refractivity contribution < 1.29 is 23.4 Å². The van der Waals surface area contributed by atoms with Gasteiger partial charge in [0.2, 0.25) is 5.82 Å². The topological polar surface area (TPSA) is 49.8 Å². The SMILES string of the molecule is COc1ccc(C#Cc2ccc(C(=O)N3CCC[C@@H](CO)C3)cc2)c(F)c1F. The van der Waals surface area contributed by atoms with Crippen molar-refractivity contribution in [3.63, 3.8) is 0 Å². The molecular weight excluding hydrogens is 364 g/mol. The maximum Gasteiger partial charge on any atom is 0.253 e. The fourth-order valence-corrected chi connectivity index (χ4v) is 3.20. The molecule has 0 bridgehead atoms. The summed E-state index contributed by atoms with van der Waals surface area (Å²) in [6.07, 6.45) is 1.81. The van der Waals surface area contributed by atoms with Gasteiger partial charge in [0.05, 0.1) is 12.7 Å². The number of nitrogens with zero attached hydrogens (tertiary/aromatic N) is 1. The maximum absolute atomic E-state index is 14.0. The fourth-order valence-electron chi connectivity index (χ4n) is 3.20. The molecular formula is C22H21F2NO3. The highest BCUT2D eigenvalue weighted by Gasteiger charge is 2.23. The van der Waals surface area contributed by atoms with E-state index >= 15 is 0 Å². The van der Waals surface area contributed by atoms with Crippen LogP contribution in [0, 0.1) is 29.4 Å². The second kappa shape index (κ2) is 8.85. The summed E-state index contributed by atoms with van der Waals surface area (Å²) in [5.74, 6) is 3.12. The van der Waals surface area contributed by atoms with E-state index in [4.69, 9.17) is 4.74 Å². The third-order valence-corrected chi connectivity index (χ3v) is 4.80. The van der Waals surface area contributed by atoms with E-state index in [0.29, 0.717) is 24.2 Å². The van der Waals surface area contributed by atoms with Crippen LogP contribution in [-0.2, 0) is 0 Å². The summed E-state index contributed by atoms with van der Waals surface area (Å²) in [6.45, 7) is 1.32. The quantitative estimate of drug-likeness (QED) is 0.826. The minimum Gasteiger partial charge on any atom is -0.494 e. The predicted octanol–water partition coefficient (Wildman–Crippen LogP) is 3.22. The van der Waals surface area contributed by atoms with Crippen LogP contribution < -0.4 is 4.74 Å². The maximum atomic E-state index is 14.0. The summed E-state index contributed by atoms with van der Waals surface area (Å²) in [5.41, 5.74) is 1.05. The fraction of sp³-hybridized carbons (Fsp3) is 0.318. The zero-order valence-corrected chi connectivity index (χ0v) is 15.5. The van der Waals surface area contributed by atoms with Gasteiger partial charge in [-0.1, -0.05) is 11.8 Å². The number of benzene rings is 2. The second-order valence-electron chi connectivity index (χ2n) is 6.71. The summed E-state index contributed by atoms with van der Waals surface area (Å²) in [4.78, 5) is 14.4. The summed E-state index contributed by atoms with van der Waals surface area (Å²) in [6, 6.07) is 9.36. The van der Waals surface area contributed by atoms with Crippen molar-refractivity contribution in [1.29, 1.82) is 0 Å². The third kappa shape index (κ3) is 4.32. The van der Waals surface area contributed by atoms with E-state index in [1.54, 1.807) is 29.2 Å². The Morgan fingerprint density at radius 3 is 2.61 bits per heavy atom. The molecule has 0 spiro atoms. The Hall–Kier alpha value is -2.91. The van der Waals surface area contributed by atoms with Gasteiger partial charge in [0.1, 0.15) is 0 Å². The van der Waals surface area contributed by atoms with Crippen LogP contribution in [0.1, 0.15) is 34.3 Å². The lowest BCUT2D eigenvalue weighted by Gasteiger charge is -2.31. The van der Waals surface area contributed by atoms with Gasteiger partial charge in [-0.25, -0.2) is 4.39 Å². The van der Waals surface area contributed by atoms with Gasteiger partial charge in [-0.15, -0.1) is 0 Å². The minimum absolute atomic E-state index is 0.0678. The van der Waals surface area contributed by atoms with Gasteiger partial charge in [-0.05, 0) is 55.2 Å². The molecule has 4 nitrogen and oxygen atoms in total. The summed E-state index contributed by atoms with van der Waals surface area (Å²) in [7, 11) is 1.26. The lowest BCUT2D eigenvalue weighted by atomic mass is 9.98. The molecule has 6 heteroatoms. The molecule has 0 saturated carbocycles. The number of methoxy groups -OCH3 is 1. The number of aliphatic hydroxyl groups excluding tert-OH is 1. The number of carbonyl (C=O) groups excluding carboxylic acids is 1. The highest BCUT2D eigenvalue weighted by molar-refractivity contribution is 5.94. The third-order valence-electron chi connectivity index (χ3n) is 4.80. The van der Waals surface area contributed by atoms with Gasteiger partial charge in [0.15, 0.2) is 11.6 Å². The molecule has 28 heavy (non-hydrogen) atoms. The molecule has 146 valence electrons. The van der Waals surface area contributed by atoms with E-state index in [9.17, 15) is 18.7 Å². The minimum atomic E-state index is -1.07. The zero-order chi connectivity index (χ0) is 20.1. The van der Waals surface area contributed by atoms with Crippen molar-refractivity contribution in [1.82, 2.24) is 4.90 Å². The van der Waals surface area contributed by atoms with E-state index in [0.717, 1.165) is 12.8 Å². The first-order valence-corrected chi connectivity index (χ1v) is 9.07. The molecule has 2 aromatic rings. The first-order chi connectivity index (χ1) is 13.5. The van der Waals surface area contributed by atoms with Crippen molar-refractivity contribution in [3.8, 4) is 17.6 Å². The number of rotatable bonds is 3. The first-order valence-electron chi connectivity index (χ1n) is 9.07. The number of halogens is 2. The largest absolute Gasteiger partial charge is 0.494 e. The number of aliphatic hydroxyl groups is 1. The first kappa shape index (κ1) is 19.8. The zero-order valence-electron chi connectivity index (χ0n) is 15.5. The predicted molar refractivity (Wildman–Crippen MR) is 101 cm³/mol. The summed E-state index contributed by atoms with van der Waals surface area (Å²) >= 11 is 0. The Labute approximate surface area is 162 Å². The summed E-state index contributed by atoms with van der Waals surface area (Å²) in [5, 5.41) is 9.31. The van der Waals surface area contributed by atoms with Crippen LogP contribution in [-0.4, -0.2) is 42.7 Å². The van der Waals surface area contributed by atoms with Crippen molar-refractivity contribution in [2.24, 2.45) is 5.92 Å². The molecule has 1 amide bonds.